The quantitative estimate of drug-likeness (QED) is 0.666. The van der Waals surface area contributed by atoms with Gasteiger partial charge in [0.15, 0.2) is 0 Å². The van der Waals surface area contributed by atoms with Crippen LogP contribution in [0.4, 0.5) is 5.69 Å². The van der Waals surface area contributed by atoms with Crippen LogP contribution in [0.3, 0.4) is 0 Å². The molecule has 1 aliphatic carbocycles. The lowest BCUT2D eigenvalue weighted by molar-refractivity contribution is 0.0167. The molecular weight excluding hydrogens is 286 g/mol. The van der Waals surface area contributed by atoms with Crippen molar-refractivity contribution in [1.29, 1.82) is 0 Å². The minimum atomic E-state index is -0.852. The van der Waals surface area contributed by atoms with Crippen LogP contribution < -0.4 is 5.32 Å². The van der Waals surface area contributed by atoms with Crippen LogP contribution >= 0.6 is 0 Å². The Hall–Kier alpha value is -1.06. The predicted molar refractivity (Wildman–Crippen MR) is 96.4 cm³/mol. The molecule has 0 aliphatic heterocycles. The topological polar surface area (TPSA) is 52.5 Å². The van der Waals surface area contributed by atoms with Gasteiger partial charge in [-0.25, -0.2) is 0 Å². The molecule has 0 amide bonds. The Bertz CT molecular complexity index is 482. The number of hydrogen-bond acceptors (Lipinski definition) is 3. The largest absolute Gasteiger partial charge is 0.388 e. The van der Waals surface area contributed by atoms with Crippen molar-refractivity contribution in [2.75, 3.05) is 11.9 Å². The fourth-order valence-electron chi connectivity index (χ4n) is 3.45. The van der Waals surface area contributed by atoms with Gasteiger partial charge >= 0.3 is 0 Å². The van der Waals surface area contributed by atoms with Crippen molar-refractivity contribution in [3.8, 4) is 0 Å². The third kappa shape index (κ3) is 4.95. The molecule has 3 heteroatoms. The Labute approximate surface area is 141 Å². The molecule has 3 nitrogen and oxygen atoms in total. The van der Waals surface area contributed by atoms with E-state index in [0.717, 1.165) is 56.2 Å². The summed E-state index contributed by atoms with van der Waals surface area (Å²) < 4.78 is 0. The van der Waals surface area contributed by atoms with Crippen LogP contribution in [-0.2, 0) is 5.60 Å². The Morgan fingerprint density at radius 1 is 1.26 bits per heavy atom. The number of anilines is 1. The van der Waals surface area contributed by atoms with Gasteiger partial charge in [-0.1, -0.05) is 58.1 Å². The minimum Gasteiger partial charge on any atom is -0.388 e. The highest BCUT2D eigenvalue weighted by Gasteiger charge is 2.29. The lowest BCUT2D eigenvalue weighted by Crippen LogP contribution is -2.38. The smallest absolute Gasteiger partial charge is 0.0897 e. The molecule has 129 valence electrons. The summed E-state index contributed by atoms with van der Waals surface area (Å²) in [6, 6.07) is 7.95. The van der Waals surface area contributed by atoms with E-state index in [1.54, 1.807) is 0 Å². The lowest BCUT2D eigenvalue weighted by atomic mass is 9.84. The third-order valence-electron chi connectivity index (χ3n) is 5.16. The SMILES string of the molecule is [CH2]CC(O)(CCCC)c1cccc(NCC2(O)CCCCC2)c1. The highest BCUT2D eigenvalue weighted by atomic mass is 16.3. The summed E-state index contributed by atoms with van der Waals surface area (Å²) in [5, 5.41) is 24.8. The molecule has 1 radical (unpaired) electrons. The average molecular weight is 318 g/mol. The van der Waals surface area contributed by atoms with Gasteiger partial charge in [-0.05, 0) is 43.4 Å². The Kier molecular flexibility index (Phi) is 6.49. The number of unbranched alkanes of at least 4 members (excludes halogenated alkanes) is 1. The number of rotatable bonds is 8. The van der Waals surface area contributed by atoms with Gasteiger partial charge in [0.2, 0.25) is 0 Å². The molecule has 1 aliphatic rings. The van der Waals surface area contributed by atoms with Crippen LogP contribution in [0.25, 0.3) is 0 Å². The van der Waals surface area contributed by atoms with E-state index in [-0.39, 0.29) is 0 Å². The Balaban J connectivity index is 2.03. The summed E-state index contributed by atoms with van der Waals surface area (Å²) in [6.45, 7) is 6.65. The van der Waals surface area contributed by atoms with Crippen LogP contribution in [0.5, 0.6) is 0 Å². The van der Waals surface area contributed by atoms with Crippen LogP contribution in [0.15, 0.2) is 24.3 Å². The number of aliphatic hydroxyl groups is 2. The highest BCUT2D eigenvalue weighted by Crippen LogP contribution is 2.33. The molecule has 23 heavy (non-hydrogen) atoms. The van der Waals surface area contributed by atoms with Gasteiger partial charge in [0, 0.05) is 12.2 Å². The molecule has 1 aromatic carbocycles. The molecule has 2 rings (SSSR count). The first-order valence-electron chi connectivity index (χ1n) is 9.10. The second kappa shape index (κ2) is 8.16. The predicted octanol–water partition coefficient (Wildman–Crippen LogP) is 4.40. The minimum absolute atomic E-state index is 0.473. The fourth-order valence-corrected chi connectivity index (χ4v) is 3.45. The molecule has 0 aromatic heterocycles. The highest BCUT2D eigenvalue weighted by molar-refractivity contribution is 5.47. The Morgan fingerprint density at radius 3 is 2.65 bits per heavy atom. The van der Waals surface area contributed by atoms with E-state index in [1.807, 2.05) is 24.3 Å². The summed E-state index contributed by atoms with van der Waals surface area (Å²) in [4.78, 5) is 0. The van der Waals surface area contributed by atoms with Crippen molar-refractivity contribution < 1.29 is 10.2 Å². The molecule has 1 aromatic rings. The number of benzene rings is 1. The van der Waals surface area contributed by atoms with Crippen molar-refractivity contribution in [1.82, 2.24) is 0 Å². The van der Waals surface area contributed by atoms with Gasteiger partial charge in [-0.2, -0.15) is 0 Å². The normalized spacial score (nSPS) is 20.0. The third-order valence-corrected chi connectivity index (χ3v) is 5.16. The van der Waals surface area contributed by atoms with Crippen LogP contribution in [0, 0.1) is 6.92 Å². The maximum atomic E-state index is 10.9. The van der Waals surface area contributed by atoms with Crippen molar-refractivity contribution in [2.45, 2.75) is 75.9 Å². The van der Waals surface area contributed by atoms with E-state index in [1.165, 1.54) is 6.42 Å². The summed E-state index contributed by atoms with van der Waals surface area (Å²) >= 11 is 0. The molecule has 1 atom stereocenters. The molecule has 3 N–H and O–H groups in total. The monoisotopic (exact) mass is 318 g/mol. The van der Waals surface area contributed by atoms with Gasteiger partial charge in [-0.15, -0.1) is 0 Å². The second-order valence-corrected chi connectivity index (χ2v) is 7.10. The number of nitrogens with one attached hydrogen (secondary N) is 1. The molecule has 1 unspecified atom stereocenters. The first kappa shape index (κ1) is 18.3. The van der Waals surface area contributed by atoms with Crippen LogP contribution in [0.1, 0.15) is 70.3 Å². The zero-order valence-corrected chi connectivity index (χ0v) is 14.5. The molecule has 0 saturated heterocycles. The molecule has 0 spiro atoms. The van der Waals surface area contributed by atoms with Gasteiger partial charge in [0.1, 0.15) is 0 Å². The molecule has 0 bridgehead atoms. The molecular formula is C20H32NO2. The maximum Gasteiger partial charge on any atom is 0.0897 e. The van der Waals surface area contributed by atoms with Gasteiger partial charge < -0.3 is 15.5 Å². The van der Waals surface area contributed by atoms with Crippen molar-refractivity contribution >= 4 is 5.69 Å². The summed E-state index contributed by atoms with van der Waals surface area (Å²) in [6.07, 6.45) is 8.45. The Morgan fingerprint density at radius 2 is 2.00 bits per heavy atom. The van der Waals surface area contributed by atoms with Crippen LogP contribution in [0.2, 0.25) is 0 Å². The lowest BCUT2D eigenvalue weighted by Gasteiger charge is -2.33. The van der Waals surface area contributed by atoms with E-state index in [9.17, 15) is 10.2 Å². The van der Waals surface area contributed by atoms with E-state index in [0.29, 0.717) is 13.0 Å². The summed E-state index contributed by atoms with van der Waals surface area (Å²) in [5.41, 5.74) is 0.445. The van der Waals surface area contributed by atoms with E-state index < -0.39 is 11.2 Å². The van der Waals surface area contributed by atoms with Crippen molar-refractivity contribution in [3.05, 3.63) is 36.8 Å². The van der Waals surface area contributed by atoms with E-state index in [4.69, 9.17) is 0 Å². The first-order valence-corrected chi connectivity index (χ1v) is 9.10. The molecule has 1 saturated carbocycles. The van der Waals surface area contributed by atoms with Crippen molar-refractivity contribution in [3.63, 3.8) is 0 Å². The molecule has 1 fully saturated rings. The first-order chi connectivity index (χ1) is 11.0. The van der Waals surface area contributed by atoms with Gasteiger partial charge in [0.05, 0.1) is 11.2 Å². The van der Waals surface area contributed by atoms with Gasteiger partial charge in [-0.3, -0.25) is 0 Å². The fraction of sp³-hybridized carbons (Fsp3) is 0.650. The zero-order valence-electron chi connectivity index (χ0n) is 14.5. The van der Waals surface area contributed by atoms with E-state index >= 15 is 0 Å². The maximum absolute atomic E-state index is 10.9. The summed E-state index contributed by atoms with van der Waals surface area (Å²) in [7, 11) is 0. The standard InChI is InChI=1S/C20H32NO2/c1-3-5-14-20(23,4-2)17-10-9-11-18(15-17)21-16-19(22)12-7-6-8-13-19/h9-11,15,21-23H,2-8,12-14,16H2,1H3. The summed E-state index contributed by atoms with van der Waals surface area (Å²) in [5.74, 6) is 0. The zero-order chi connectivity index (χ0) is 16.8. The van der Waals surface area contributed by atoms with Crippen molar-refractivity contribution in [2.24, 2.45) is 0 Å². The number of hydrogen-bond donors (Lipinski definition) is 3. The van der Waals surface area contributed by atoms with Gasteiger partial charge in [0.25, 0.3) is 0 Å². The average Bonchev–Trinajstić information content (AvgIpc) is 2.59. The van der Waals surface area contributed by atoms with E-state index in [2.05, 4.69) is 19.2 Å². The second-order valence-electron chi connectivity index (χ2n) is 7.10. The van der Waals surface area contributed by atoms with Crippen LogP contribution in [-0.4, -0.2) is 22.4 Å². The molecule has 0 heterocycles.